The minimum absolute atomic E-state index is 0.139. The van der Waals surface area contributed by atoms with Crippen molar-refractivity contribution in [2.45, 2.75) is 6.54 Å². The van der Waals surface area contributed by atoms with Gasteiger partial charge >= 0.3 is 6.03 Å². The van der Waals surface area contributed by atoms with E-state index in [-0.39, 0.29) is 6.03 Å². The van der Waals surface area contributed by atoms with Crippen LogP contribution in [0.25, 0.3) is 10.9 Å². The first-order valence-electron chi connectivity index (χ1n) is 8.39. The third kappa shape index (κ3) is 3.61. The van der Waals surface area contributed by atoms with Crippen molar-refractivity contribution >= 4 is 22.9 Å². The number of nitrogens with zero attached hydrogens (tertiary/aromatic N) is 4. The first kappa shape index (κ1) is 15.6. The maximum atomic E-state index is 12.3. The van der Waals surface area contributed by atoms with Crippen LogP contribution in [0.4, 0.5) is 10.7 Å². The Morgan fingerprint density at radius 2 is 1.92 bits per heavy atom. The number of aromatic amines is 1. The van der Waals surface area contributed by atoms with Crippen LogP contribution in [-0.2, 0) is 6.54 Å². The second kappa shape index (κ2) is 6.90. The van der Waals surface area contributed by atoms with Crippen molar-refractivity contribution in [2.24, 2.45) is 0 Å². The SMILES string of the molecule is O=C(Nc1ncccn1)N1CCN(Cc2ccc3[nH]ccc3c2)CC1. The lowest BCUT2D eigenvalue weighted by molar-refractivity contribution is 0.143. The van der Waals surface area contributed by atoms with Crippen molar-refractivity contribution in [2.75, 3.05) is 31.5 Å². The summed E-state index contributed by atoms with van der Waals surface area (Å²) in [4.78, 5) is 27.7. The van der Waals surface area contributed by atoms with Crippen molar-refractivity contribution in [3.63, 3.8) is 0 Å². The molecule has 0 unspecified atom stereocenters. The Balaban J connectivity index is 1.31. The van der Waals surface area contributed by atoms with E-state index in [1.807, 2.05) is 11.1 Å². The standard InChI is InChI=1S/C18H20N6O/c25-18(22-17-20-5-1-6-21-17)24-10-8-23(9-11-24)13-14-2-3-16-15(12-14)4-7-19-16/h1-7,12,19H,8-11,13H2,(H,20,21,22,25). The first-order valence-corrected chi connectivity index (χ1v) is 8.39. The van der Waals surface area contributed by atoms with Crippen LogP contribution >= 0.6 is 0 Å². The Kier molecular flexibility index (Phi) is 4.30. The molecular formula is C18H20N6O. The number of hydrogen-bond acceptors (Lipinski definition) is 4. The number of rotatable bonds is 3. The van der Waals surface area contributed by atoms with E-state index in [0.717, 1.165) is 25.2 Å². The maximum Gasteiger partial charge on any atom is 0.324 e. The topological polar surface area (TPSA) is 77.2 Å². The smallest absolute Gasteiger partial charge is 0.324 e. The molecule has 7 nitrogen and oxygen atoms in total. The predicted molar refractivity (Wildman–Crippen MR) is 96.2 cm³/mol. The van der Waals surface area contributed by atoms with E-state index in [4.69, 9.17) is 0 Å². The Bertz CT molecular complexity index is 854. The monoisotopic (exact) mass is 336 g/mol. The van der Waals surface area contributed by atoms with Crippen LogP contribution in [0, 0.1) is 0 Å². The summed E-state index contributed by atoms with van der Waals surface area (Å²) in [6, 6.07) is 10.2. The Labute approximate surface area is 145 Å². The quantitative estimate of drug-likeness (QED) is 0.769. The highest BCUT2D eigenvalue weighted by atomic mass is 16.2. The fraction of sp³-hybridized carbons (Fsp3) is 0.278. The number of piperazine rings is 1. The van der Waals surface area contributed by atoms with Crippen LogP contribution in [0.5, 0.6) is 0 Å². The summed E-state index contributed by atoms with van der Waals surface area (Å²) in [5, 5.41) is 3.97. The van der Waals surface area contributed by atoms with Gasteiger partial charge in [0.25, 0.3) is 0 Å². The highest BCUT2D eigenvalue weighted by molar-refractivity contribution is 5.87. The predicted octanol–water partition coefficient (Wildman–Crippen LogP) is 2.31. The van der Waals surface area contributed by atoms with Gasteiger partial charge < -0.3 is 9.88 Å². The summed E-state index contributed by atoms with van der Waals surface area (Å²) in [6.45, 7) is 4.01. The molecule has 0 spiro atoms. The van der Waals surface area contributed by atoms with Gasteiger partial charge in [0.15, 0.2) is 0 Å². The van der Waals surface area contributed by atoms with Gasteiger partial charge in [-0.05, 0) is 35.2 Å². The third-order valence-electron chi connectivity index (χ3n) is 4.47. The lowest BCUT2D eigenvalue weighted by atomic mass is 10.1. The minimum atomic E-state index is -0.139. The molecule has 2 amide bonds. The number of carbonyl (C=O) groups is 1. The Morgan fingerprint density at radius 1 is 1.12 bits per heavy atom. The van der Waals surface area contributed by atoms with E-state index in [0.29, 0.717) is 19.0 Å². The molecule has 4 rings (SSSR count). The van der Waals surface area contributed by atoms with Gasteiger partial charge in [-0.25, -0.2) is 14.8 Å². The van der Waals surface area contributed by atoms with Crippen LogP contribution in [0.1, 0.15) is 5.56 Å². The van der Waals surface area contributed by atoms with Crippen molar-refractivity contribution in [3.05, 3.63) is 54.5 Å². The minimum Gasteiger partial charge on any atom is -0.361 e. The first-order chi connectivity index (χ1) is 12.3. The summed E-state index contributed by atoms with van der Waals surface area (Å²) in [6.07, 6.45) is 5.19. The molecule has 25 heavy (non-hydrogen) atoms. The second-order valence-corrected chi connectivity index (χ2v) is 6.17. The highest BCUT2D eigenvalue weighted by Gasteiger charge is 2.21. The molecule has 1 aromatic carbocycles. The zero-order valence-electron chi connectivity index (χ0n) is 13.9. The van der Waals surface area contributed by atoms with Crippen LogP contribution in [0.15, 0.2) is 48.9 Å². The number of nitrogens with one attached hydrogen (secondary N) is 2. The molecule has 0 radical (unpaired) electrons. The molecule has 1 saturated heterocycles. The number of H-pyrrole nitrogens is 1. The second-order valence-electron chi connectivity index (χ2n) is 6.17. The molecule has 1 aliphatic heterocycles. The van der Waals surface area contributed by atoms with Gasteiger partial charge in [0, 0.05) is 56.8 Å². The van der Waals surface area contributed by atoms with Gasteiger partial charge in [-0.3, -0.25) is 10.2 Å². The van der Waals surface area contributed by atoms with Crippen molar-refractivity contribution in [1.82, 2.24) is 24.8 Å². The van der Waals surface area contributed by atoms with E-state index in [2.05, 4.69) is 49.4 Å². The van der Waals surface area contributed by atoms with Gasteiger partial charge in [0.2, 0.25) is 5.95 Å². The average Bonchev–Trinajstić information content (AvgIpc) is 3.11. The molecule has 0 saturated carbocycles. The van der Waals surface area contributed by atoms with E-state index in [1.54, 1.807) is 18.5 Å². The fourth-order valence-corrected chi connectivity index (χ4v) is 3.11. The average molecular weight is 336 g/mol. The summed E-state index contributed by atoms with van der Waals surface area (Å²) < 4.78 is 0. The summed E-state index contributed by atoms with van der Waals surface area (Å²) in [5.41, 5.74) is 2.45. The lowest BCUT2D eigenvalue weighted by Gasteiger charge is -2.34. The third-order valence-corrected chi connectivity index (χ3v) is 4.47. The Morgan fingerprint density at radius 3 is 2.72 bits per heavy atom. The van der Waals surface area contributed by atoms with Crippen LogP contribution in [0.2, 0.25) is 0 Å². The molecule has 0 atom stereocenters. The van der Waals surface area contributed by atoms with Gasteiger partial charge in [-0.1, -0.05) is 6.07 Å². The largest absolute Gasteiger partial charge is 0.361 e. The maximum absolute atomic E-state index is 12.3. The highest BCUT2D eigenvalue weighted by Crippen LogP contribution is 2.16. The van der Waals surface area contributed by atoms with Crippen molar-refractivity contribution in [1.29, 1.82) is 0 Å². The molecule has 1 aliphatic rings. The number of carbonyl (C=O) groups excluding carboxylic acids is 1. The molecule has 0 bridgehead atoms. The number of hydrogen-bond donors (Lipinski definition) is 2. The van der Waals surface area contributed by atoms with E-state index in [1.165, 1.54) is 10.9 Å². The van der Waals surface area contributed by atoms with Gasteiger partial charge in [-0.2, -0.15) is 0 Å². The van der Waals surface area contributed by atoms with E-state index in [9.17, 15) is 4.79 Å². The molecule has 2 N–H and O–H groups in total. The summed E-state index contributed by atoms with van der Waals surface area (Å²) >= 11 is 0. The van der Waals surface area contributed by atoms with Gasteiger partial charge in [0.05, 0.1) is 0 Å². The van der Waals surface area contributed by atoms with Crippen LogP contribution < -0.4 is 5.32 Å². The summed E-state index contributed by atoms with van der Waals surface area (Å²) in [5.74, 6) is 0.342. The number of aromatic nitrogens is 3. The number of fused-ring (bicyclic) bond motifs is 1. The summed E-state index contributed by atoms with van der Waals surface area (Å²) in [7, 11) is 0. The Hall–Kier alpha value is -2.93. The van der Waals surface area contributed by atoms with Gasteiger partial charge in [0.1, 0.15) is 0 Å². The molecule has 3 aromatic rings. The number of urea groups is 1. The zero-order chi connectivity index (χ0) is 17.1. The fourth-order valence-electron chi connectivity index (χ4n) is 3.11. The molecule has 128 valence electrons. The molecule has 1 fully saturated rings. The lowest BCUT2D eigenvalue weighted by Crippen LogP contribution is -2.49. The normalized spacial score (nSPS) is 15.4. The van der Waals surface area contributed by atoms with Gasteiger partial charge in [-0.15, -0.1) is 0 Å². The number of anilines is 1. The molecule has 3 heterocycles. The van der Waals surface area contributed by atoms with Crippen molar-refractivity contribution in [3.8, 4) is 0 Å². The number of benzene rings is 1. The van der Waals surface area contributed by atoms with E-state index < -0.39 is 0 Å². The molecule has 7 heteroatoms. The van der Waals surface area contributed by atoms with Crippen LogP contribution in [0.3, 0.4) is 0 Å². The molecular weight excluding hydrogens is 316 g/mol. The van der Waals surface area contributed by atoms with E-state index >= 15 is 0 Å². The molecule has 2 aromatic heterocycles. The van der Waals surface area contributed by atoms with Crippen LogP contribution in [-0.4, -0.2) is 57.0 Å². The number of amides is 2. The molecule has 0 aliphatic carbocycles. The van der Waals surface area contributed by atoms with Crippen molar-refractivity contribution < 1.29 is 4.79 Å². The zero-order valence-corrected chi connectivity index (χ0v) is 13.9.